The topological polar surface area (TPSA) is 53.9 Å². The molecule has 2 aliphatic rings. The highest BCUT2D eigenvalue weighted by atomic mass is 15.3. The Morgan fingerprint density at radius 1 is 1.27 bits per heavy atom. The van der Waals surface area contributed by atoms with Crippen molar-refractivity contribution in [2.24, 2.45) is 0 Å². The lowest BCUT2D eigenvalue weighted by molar-refractivity contribution is 0.460. The molecule has 1 aromatic heterocycles. The second kappa shape index (κ2) is 3.41. The number of hydrogen-bond donors (Lipinski definition) is 1. The first kappa shape index (κ1) is 9.03. The van der Waals surface area contributed by atoms with Crippen LogP contribution in [0.5, 0.6) is 0 Å². The minimum Gasteiger partial charge on any atom is -0.338 e. The number of anilines is 1. The molecule has 1 aromatic rings. The summed E-state index contributed by atoms with van der Waals surface area (Å²) in [5, 5.41) is 3.59. The van der Waals surface area contributed by atoms with E-state index in [0.717, 1.165) is 24.9 Å². The van der Waals surface area contributed by atoms with Crippen LogP contribution in [0.15, 0.2) is 6.33 Å². The summed E-state index contributed by atoms with van der Waals surface area (Å²) >= 11 is 0. The van der Waals surface area contributed by atoms with E-state index in [1.165, 1.54) is 12.8 Å². The van der Waals surface area contributed by atoms with Crippen molar-refractivity contribution in [3.8, 4) is 0 Å². The molecule has 2 atom stereocenters. The van der Waals surface area contributed by atoms with Gasteiger partial charge >= 0.3 is 0 Å². The Morgan fingerprint density at radius 3 is 2.67 bits per heavy atom. The van der Waals surface area contributed by atoms with Crippen LogP contribution in [0.25, 0.3) is 0 Å². The minimum atomic E-state index is 0.626. The number of fused-ring (bicyclic) bond motifs is 2. The summed E-state index contributed by atoms with van der Waals surface area (Å²) in [5.41, 5.74) is 0. The minimum absolute atomic E-state index is 0.626. The SMILES string of the molecule is Cc1ncnc(N2CC3CCC(C2)N3)n1. The van der Waals surface area contributed by atoms with E-state index >= 15 is 0 Å². The number of nitrogens with zero attached hydrogens (tertiary/aromatic N) is 4. The van der Waals surface area contributed by atoms with Gasteiger partial charge in [-0.25, -0.2) is 9.97 Å². The highest BCUT2D eigenvalue weighted by Gasteiger charge is 2.33. The van der Waals surface area contributed by atoms with Crippen LogP contribution in [0.2, 0.25) is 0 Å². The van der Waals surface area contributed by atoms with Crippen molar-refractivity contribution >= 4 is 5.95 Å². The fourth-order valence-electron chi connectivity index (χ4n) is 2.48. The molecule has 0 aliphatic carbocycles. The smallest absolute Gasteiger partial charge is 0.228 e. The fraction of sp³-hybridized carbons (Fsp3) is 0.700. The van der Waals surface area contributed by atoms with Crippen molar-refractivity contribution in [3.05, 3.63) is 12.2 Å². The summed E-state index contributed by atoms with van der Waals surface area (Å²) in [4.78, 5) is 14.9. The molecule has 80 valence electrons. The fourth-order valence-corrected chi connectivity index (χ4v) is 2.48. The first-order chi connectivity index (χ1) is 7.31. The zero-order valence-corrected chi connectivity index (χ0v) is 8.85. The lowest BCUT2D eigenvalue weighted by Gasteiger charge is -2.32. The maximum Gasteiger partial charge on any atom is 0.228 e. The van der Waals surface area contributed by atoms with Crippen LogP contribution in [-0.4, -0.2) is 40.1 Å². The molecule has 0 amide bonds. The van der Waals surface area contributed by atoms with Crippen LogP contribution in [0.4, 0.5) is 5.95 Å². The van der Waals surface area contributed by atoms with Crippen molar-refractivity contribution in [1.82, 2.24) is 20.3 Å². The lowest BCUT2D eigenvalue weighted by Crippen LogP contribution is -2.51. The molecule has 2 bridgehead atoms. The number of nitrogens with one attached hydrogen (secondary N) is 1. The predicted molar refractivity (Wildman–Crippen MR) is 56.7 cm³/mol. The van der Waals surface area contributed by atoms with E-state index in [1.54, 1.807) is 6.33 Å². The van der Waals surface area contributed by atoms with Crippen molar-refractivity contribution in [3.63, 3.8) is 0 Å². The summed E-state index contributed by atoms with van der Waals surface area (Å²) in [6.45, 7) is 3.96. The van der Waals surface area contributed by atoms with Crippen molar-refractivity contribution in [2.75, 3.05) is 18.0 Å². The molecular weight excluding hydrogens is 190 g/mol. The first-order valence-electron chi connectivity index (χ1n) is 5.48. The van der Waals surface area contributed by atoms with Gasteiger partial charge in [0.2, 0.25) is 5.95 Å². The van der Waals surface area contributed by atoms with Gasteiger partial charge < -0.3 is 10.2 Å². The third-order valence-electron chi connectivity index (χ3n) is 3.18. The zero-order valence-electron chi connectivity index (χ0n) is 8.85. The van der Waals surface area contributed by atoms with Crippen LogP contribution < -0.4 is 10.2 Å². The van der Waals surface area contributed by atoms with E-state index in [9.17, 15) is 0 Å². The number of aromatic nitrogens is 3. The average molecular weight is 205 g/mol. The Kier molecular flexibility index (Phi) is 2.05. The molecule has 15 heavy (non-hydrogen) atoms. The van der Waals surface area contributed by atoms with Crippen LogP contribution in [0.1, 0.15) is 18.7 Å². The lowest BCUT2D eigenvalue weighted by atomic mass is 10.2. The second-order valence-corrected chi connectivity index (χ2v) is 4.38. The molecule has 3 heterocycles. The molecule has 3 rings (SSSR count). The maximum absolute atomic E-state index is 4.37. The molecule has 2 aliphatic heterocycles. The number of aryl methyl sites for hydroxylation is 1. The Labute approximate surface area is 88.9 Å². The Hall–Kier alpha value is -1.23. The molecule has 0 aromatic carbocycles. The molecule has 5 nitrogen and oxygen atoms in total. The van der Waals surface area contributed by atoms with E-state index in [4.69, 9.17) is 0 Å². The van der Waals surface area contributed by atoms with Gasteiger partial charge in [-0.1, -0.05) is 0 Å². The van der Waals surface area contributed by atoms with E-state index in [1.807, 2.05) is 6.92 Å². The number of piperazine rings is 1. The molecule has 0 spiro atoms. The summed E-state index contributed by atoms with van der Waals surface area (Å²) < 4.78 is 0. The quantitative estimate of drug-likeness (QED) is 0.705. The zero-order chi connectivity index (χ0) is 10.3. The van der Waals surface area contributed by atoms with E-state index in [2.05, 4.69) is 25.2 Å². The van der Waals surface area contributed by atoms with Gasteiger partial charge in [-0.2, -0.15) is 4.98 Å². The van der Waals surface area contributed by atoms with Gasteiger partial charge in [-0.15, -0.1) is 0 Å². The molecule has 2 fully saturated rings. The van der Waals surface area contributed by atoms with Gasteiger partial charge in [0.1, 0.15) is 12.2 Å². The van der Waals surface area contributed by atoms with Crippen molar-refractivity contribution in [1.29, 1.82) is 0 Å². The predicted octanol–water partition coefficient (Wildman–Crippen LogP) is 0.121. The van der Waals surface area contributed by atoms with Gasteiger partial charge in [0.15, 0.2) is 0 Å². The highest BCUT2D eigenvalue weighted by Crippen LogP contribution is 2.22. The number of rotatable bonds is 1. The summed E-state index contributed by atoms with van der Waals surface area (Å²) in [6, 6.07) is 1.25. The average Bonchev–Trinajstić information content (AvgIpc) is 2.58. The van der Waals surface area contributed by atoms with Gasteiger partial charge in [-0.05, 0) is 19.8 Å². The van der Waals surface area contributed by atoms with E-state index in [0.29, 0.717) is 12.1 Å². The normalized spacial score (nSPS) is 29.5. The third-order valence-corrected chi connectivity index (χ3v) is 3.18. The second-order valence-electron chi connectivity index (χ2n) is 4.38. The standard InChI is InChI=1S/C10H15N5/c1-7-11-6-12-10(13-7)15-4-8-2-3-9(5-15)14-8/h6,8-9,14H,2-5H2,1H3. The Bertz CT molecular complexity index is 355. The molecule has 0 saturated carbocycles. The Balaban J connectivity index is 1.83. The summed E-state index contributed by atoms with van der Waals surface area (Å²) in [5.74, 6) is 1.63. The van der Waals surface area contributed by atoms with Gasteiger partial charge in [0.25, 0.3) is 0 Å². The van der Waals surface area contributed by atoms with Crippen LogP contribution in [0, 0.1) is 6.92 Å². The highest BCUT2D eigenvalue weighted by molar-refractivity contribution is 5.31. The molecule has 1 N–H and O–H groups in total. The molecule has 2 saturated heterocycles. The molecular formula is C10H15N5. The summed E-state index contributed by atoms with van der Waals surface area (Å²) in [7, 11) is 0. The van der Waals surface area contributed by atoms with E-state index in [-0.39, 0.29) is 0 Å². The van der Waals surface area contributed by atoms with Gasteiger partial charge in [-0.3, -0.25) is 0 Å². The van der Waals surface area contributed by atoms with Gasteiger partial charge in [0.05, 0.1) is 0 Å². The summed E-state index contributed by atoms with van der Waals surface area (Å²) in [6.07, 6.45) is 4.16. The molecule has 0 radical (unpaired) electrons. The molecule has 5 heteroatoms. The van der Waals surface area contributed by atoms with Crippen molar-refractivity contribution < 1.29 is 0 Å². The van der Waals surface area contributed by atoms with E-state index < -0.39 is 0 Å². The molecule has 2 unspecified atom stereocenters. The maximum atomic E-state index is 4.37. The van der Waals surface area contributed by atoms with Crippen LogP contribution in [-0.2, 0) is 0 Å². The van der Waals surface area contributed by atoms with Crippen LogP contribution in [0.3, 0.4) is 0 Å². The van der Waals surface area contributed by atoms with Crippen LogP contribution >= 0.6 is 0 Å². The van der Waals surface area contributed by atoms with Gasteiger partial charge in [0, 0.05) is 25.2 Å². The number of hydrogen-bond acceptors (Lipinski definition) is 5. The third kappa shape index (κ3) is 1.67. The first-order valence-corrected chi connectivity index (χ1v) is 5.48. The monoisotopic (exact) mass is 205 g/mol. The largest absolute Gasteiger partial charge is 0.338 e. The van der Waals surface area contributed by atoms with Crippen molar-refractivity contribution in [2.45, 2.75) is 31.8 Å². The Morgan fingerprint density at radius 2 is 2.00 bits per heavy atom.